The first kappa shape index (κ1) is 19.1. The molecule has 0 fully saturated rings. The molecule has 0 saturated carbocycles. The number of thiazole rings is 1. The number of carboxylic acids is 1. The number of nitriles is 1. The summed E-state index contributed by atoms with van der Waals surface area (Å²) in [5.74, 6) is -0.283. The first-order valence-corrected chi connectivity index (χ1v) is 9.07. The lowest BCUT2D eigenvalue weighted by Crippen LogP contribution is -2.21. The Labute approximate surface area is 165 Å². The molecule has 3 rings (SSSR count). The summed E-state index contributed by atoms with van der Waals surface area (Å²) >= 11 is 1.05. The molecule has 0 bridgehead atoms. The van der Waals surface area contributed by atoms with Gasteiger partial charge in [0.25, 0.3) is 0 Å². The normalized spacial score (nSPS) is 10.6. The van der Waals surface area contributed by atoms with Gasteiger partial charge >= 0.3 is 0 Å². The molecule has 1 aromatic heterocycles. The van der Waals surface area contributed by atoms with Gasteiger partial charge in [-0.05, 0) is 23.8 Å². The van der Waals surface area contributed by atoms with Gasteiger partial charge in [0.05, 0.1) is 23.7 Å². The largest absolute Gasteiger partial charge is 0.544 e. The third kappa shape index (κ3) is 4.37. The van der Waals surface area contributed by atoms with Crippen molar-refractivity contribution >= 4 is 29.5 Å². The molecule has 0 aliphatic heterocycles. The van der Waals surface area contributed by atoms with Gasteiger partial charge in [0, 0.05) is 5.56 Å². The molecule has 0 aliphatic rings. The molecule has 7 heteroatoms. The molecule has 2 aromatic carbocycles. The minimum Gasteiger partial charge on any atom is -0.544 e. The Balaban J connectivity index is 1.89. The number of hydrogen-bond acceptors (Lipinski definition) is 7. The summed E-state index contributed by atoms with van der Waals surface area (Å²) in [7, 11) is 1.52. The summed E-state index contributed by atoms with van der Waals surface area (Å²) < 4.78 is 10.6. The molecule has 0 spiro atoms. The Morgan fingerprint density at radius 2 is 2.00 bits per heavy atom. The summed E-state index contributed by atoms with van der Waals surface area (Å²) in [4.78, 5) is 16.0. The lowest BCUT2D eigenvalue weighted by molar-refractivity contribution is -0.254. The fraction of sp³-hybridized carbons (Fsp3) is 0.0952. The molecule has 0 atom stereocenters. The number of benzene rings is 2. The van der Waals surface area contributed by atoms with Crippen LogP contribution in [0.2, 0.25) is 0 Å². The molecule has 1 heterocycles. The number of carbonyl (C=O) groups is 1. The highest BCUT2D eigenvalue weighted by molar-refractivity contribution is 7.14. The van der Waals surface area contributed by atoms with E-state index in [2.05, 4.69) is 4.98 Å². The van der Waals surface area contributed by atoms with E-state index in [-0.39, 0.29) is 11.5 Å². The van der Waals surface area contributed by atoms with Crippen molar-refractivity contribution in [2.45, 2.75) is 0 Å². The molecule has 0 radical (unpaired) electrons. The maximum Gasteiger partial charge on any atom is 0.174 e. The molecule has 0 saturated heterocycles. The SMILES string of the molecule is COc1cc(/C=C/c2nc(-c3ccccc3)c(C(=O)[O-])s2)ccc1OCC#N. The minimum absolute atomic E-state index is 0.0705. The summed E-state index contributed by atoms with van der Waals surface area (Å²) in [5, 5.41) is 20.6. The van der Waals surface area contributed by atoms with Crippen molar-refractivity contribution < 1.29 is 19.4 Å². The van der Waals surface area contributed by atoms with E-state index in [0.717, 1.165) is 22.5 Å². The van der Waals surface area contributed by atoms with Crippen molar-refractivity contribution in [2.24, 2.45) is 0 Å². The molecule has 0 N–H and O–H groups in total. The first-order valence-electron chi connectivity index (χ1n) is 8.26. The third-order valence-corrected chi connectivity index (χ3v) is 4.78. The lowest BCUT2D eigenvalue weighted by Gasteiger charge is -2.08. The van der Waals surface area contributed by atoms with Gasteiger partial charge in [0.1, 0.15) is 11.1 Å². The Hall–Kier alpha value is -3.63. The zero-order valence-electron chi connectivity index (χ0n) is 14.9. The molecule has 6 nitrogen and oxygen atoms in total. The van der Waals surface area contributed by atoms with E-state index in [9.17, 15) is 9.90 Å². The molecule has 28 heavy (non-hydrogen) atoms. The summed E-state index contributed by atoms with van der Waals surface area (Å²) in [6.07, 6.45) is 3.53. The third-order valence-electron chi connectivity index (χ3n) is 3.77. The minimum atomic E-state index is -1.25. The zero-order valence-corrected chi connectivity index (χ0v) is 15.7. The quantitative estimate of drug-likeness (QED) is 0.613. The van der Waals surface area contributed by atoms with Crippen molar-refractivity contribution in [1.82, 2.24) is 4.98 Å². The molecule has 3 aromatic rings. The van der Waals surface area contributed by atoms with Crippen LogP contribution in [0, 0.1) is 11.3 Å². The van der Waals surface area contributed by atoms with Crippen LogP contribution in [0.1, 0.15) is 20.2 Å². The van der Waals surface area contributed by atoms with E-state index in [0.29, 0.717) is 22.2 Å². The first-order chi connectivity index (χ1) is 13.6. The highest BCUT2D eigenvalue weighted by atomic mass is 32.1. The Morgan fingerprint density at radius 3 is 2.68 bits per heavy atom. The van der Waals surface area contributed by atoms with E-state index in [4.69, 9.17) is 14.7 Å². The topological polar surface area (TPSA) is 95.3 Å². The van der Waals surface area contributed by atoms with E-state index in [1.807, 2.05) is 24.3 Å². The molecule has 0 amide bonds. The van der Waals surface area contributed by atoms with Gasteiger partial charge in [-0.2, -0.15) is 5.26 Å². The fourth-order valence-electron chi connectivity index (χ4n) is 2.52. The van der Waals surface area contributed by atoms with Gasteiger partial charge in [0.15, 0.2) is 18.1 Å². The molecule has 140 valence electrons. The van der Waals surface area contributed by atoms with Crippen LogP contribution in [0.25, 0.3) is 23.4 Å². The number of carbonyl (C=O) groups excluding carboxylic acids is 1. The second-order valence-electron chi connectivity index (χ2n) is 5.57. The van der Waals surface area contributed by atoms with Crippen molar-refractivity contribution in [2.75, 3.05) is 13.7 Å². The van der Waals surface area contributed by atoms with Crippen molar-refractivity contribution in [3.05, 3.63) is 64.0 Å². The Kier molecular flexibility index (Phi) is 6.04. The fourth-order valence-corrected chi connectivity index (χ4v) is 3.35. The predicted octanol–water partition coefficient (Wildman–Crippen LogP) is 3.25. The number of carboxylic acid groups (broad SMARTS) is 1. The van der Waals surface area contributed by atoms with Crippen LogP contribution >= 0.6 is 11.3 Å². The summed E-state index contributed by atoms with van der Waals surface area (Å²) in [5.41, 5.74) is 1.92. The van der Waals surface area contributed by atoms with Gasteiger partial charge in [-0.3, -0.25) is 0 Å². The highest BCUT2D eigenvalue weighted by Gasteiger charge is 2.12. The van der Waals surface area contributed by atoms with Gasteiger partial charge in [-0.1, -0.05) is 42.5 Å². The van der Waals surface area contributed by atoms with Crippen molar-refractivity contribution in [3.8, 4) is 28.8 Å². The van der Waals surface area contributed by atoms with E-state index >= 15 is 0 Å². The average Bonchev–Trinajstić information content (AvgIpc) is 3.16. The molecular weight excluding hydrogens is 376 g/mol. The number of nitrogens with zero attached hydrogens (tertiary/aromatic N) is 2. The lowest BCUT2D eigenvalue weighted by atomic mass is 10.1. The van der Waals surface area contributed by atoms with Crippen molar-refractivity contribution in [1.29, 1.82) is 5.26 Å². The van der Waals surface area contributed by atoms with Gasteiger partial charge in [-0.25, -0.2) is 4.98 Å². The smallest absolute Gasteiger partial charge is 0.174 e. The molecule has 0 aliphatic carbocycles. The number of ether oxygens (including phenoxy) is 2. The average molecular weight is 391 g/mol. The van der Waals surface area contributed by atoms with Gasteiger partial charge < -0.3 is 19.4 Å². The van der Waals surface area contributed by atoms with Crippen LogP contribution in [0.15, 0.2) is 48.5 Å². The van der Waals surface area contributed by atoms with E-state index in [1.165, 1.54) is 7.11 Å². The van der Waals surface area contributed by atoms with Crippen molar-refractivity contribution in [3.63, 3.8) is 0 Å². The summed E-state index contributed by atoms with van der Waals surface area (Å²) in [6, 6.07) is 16.3. The summed E-state index contributed by atoms with van der Waals surface area (Å²) in [6.45, 7) is -0.0705. The standard InChI is InChI=1S/C21H16N2O4S/c1-26-17-13-14(7-9-16(17)27-12-11-22)8-10-18-23-19(20(28-18)21(24)25)15-5-3-2-4-6-15/h2-10,13H,12H2,1H3,(H,24,25)/p-1/b10-8+. The number of rotatable bonds is 7. The van der Waals surface area contributed by atoms with Crippen LogP contribution in [0.4, 0.5) is 0 Å². The van der Waals surface area contributed by atoms with Crippen LogP contribution < -0.4 is 14.6 Å². The van der Waals surface area contributed by atoms with E-state index < -0.39 is 5.97 Å². The number of hydrogen-bond donors (Lipinski definition) is 0. The number of aromatic nitrogens is 1. The highest BCUT2D eigenvalue weighted by Crippen LogP contribution is 2.31. The number of aromatic carboxylic acids is 1. The predicted molar refractivity (Wildman–Crippen MR) is 105 cm³/mol. The van der Waals surface area contributed by atoms with Crippen LogP contribution in [-0.2, 0) is 0 Å². The van der Waals surface area contributed by atoms with E-state index in [1.54, 1.807) is 42.5 Å². The van der Waals surface area contributed by atoms with Crippen LogP contribution in [0.5, 0.6) is 11.5 Å². The monoisotopic (exact) mass is 391 g/mol. The van der Waals surface area contributed by atoms with Crippen LogP contribution in [-0.4, -0.2) is 24.7 Å². The van der Waals surface area contributed by atoms with Gasteiger partial charge in [-0.15, -0.1) is 11.3 Å². The maximum absolute atomic E-state index is 11.5. The second kappa shape index (κ2) is 8.84. The van der Waals surface area contributed by atoms with Crippen LogP contribution in [0.3, 0.4) is 0 Å². The molecular formula is C21H15N2O4S-. The Morgan fingerprint density at radius 1 is 1.21 bits per heavy atom. The molecule has 0 unspecified atom stereocenters. The second-order valence-corrected chi connectivity index (χ2v) is 6.60. The number of methoxy groups -OCH3 is 1. The van der Waals surface area contributed by atoms with Gasteiger partial charge in [0.2, 0.25) is 0 Å². The Bertz CT molecular complexity index is 1050. The maximum atomic E-state index is 11.5. The zero-order chi connectivity index (χ0) is 19.9.